The summed E-state index contributed by atoms with van der Waals surface area (Å²) in [4.78, 5) is 37.8. The Bertz CT molecular complexity index is 896. The minimum atomic E-state index is -0.772. The van der Waals surface area contributed by atoms with E-state index in [1.807, 2.05) is 0 Å². The summed E-state index contributed by atoms with van der Waals surface area (Å²) in [5.74, 6) is -0.886. The Morgan fingerprint density at radius 2 is 0.600 bits per heavy atom. The Kier molecular flexibility index (Phi) is 42.9. The molecule has 0 N–H and O–H groups in total. The van der Waals surface area contributed by atoms with Gasteiger partial charge in [-0.3, -0.25) is 14.4 Å². The van der Waals surface area contributed by atoms with Gasteiger partial charge in [0.15, 0.2) is 6.10 Å². The van der Waals surface area contributed by atoms with Gasteiger partial charge >= 0.3 is 17.9 Å². The lowest BCUT2D eigenvalue weighted by atomic mass is 10.1. The van der Waals surface area contributed by atoms with Crippen molar-refractivity contribution in [1.29, 1.82) is 0 Å². The number of carbonyl (C=O) groups is 3. The molecule has 0 aliphatic rings. The SMILES string of the molecule is CCCCCC/C=C\CCCCCCCC(=O)OC[C@H](COC(=O)CCCCCCCCCCCCC)OC(=O)CCCCCCC/C=C\CCCCCC. The van der Waals surface area contributed by atoms with Gasteiger partial charge < -0.3 is 14.2 Å². The predicted molar refractivity (Wildman–Crippen MR) is 233 cm³/mol. The highest BCUT2D eigenvalue weighted by molar-refractivity contribution is 5.71. The smallest absolute Gasteiger partial charge is 0.306 e. The first-order valence-corrected chi connectivity index (χ1v) is 23.8. The van der Waals surface area contributed by atoms with E-state index in [-0.39, 0.29) is 31.1 Å². The van der Waals surface area contributed by atoms with Crippen molar-refractivity contribution in [2.75, 3.05) is 13.2 Å². The molecule has 0 rings (SSSR count). The highest BCUT2D eigenvalue weighted by Crippen LogP contribution is 2.14. The third kappa shape index (κ3) is 42.9. The third-order valence-electron chi connectivity index (χ3n) is 10.4. The molecule has 0 fully saturated rings. The summed E-state index contributed by atoms with van der Waals surface area (Å²) in [7, 11) is 0. The lowest BCUT2D eigenvalue weighted by molar-refractivity contribution is -0.167. The van der Waals surface area contributed by atoms with E-state index < -0.39 is 6.10 Å². The van der Waals surface area contributed by atoms with E-state index in [0.717, 1.165) is 70.6 Å². The number of esters is 3. The Labute approximate surface area is 341 Å². The number of carbonyl (C=O) groups excluding carboxylic acids is 3. The maximum atomic E-state index is 12.7. The first-order chi connectivity index (χ1) is 27.0. The summed E-state index contributed by atoms with van der Waals surface area (Å²) >= 11 is 0. The normalized spacial score (nSPS) is 12.1. The van der Waals surface area contributed by atoms with E-state index in [1.54, 1.807) is 0 Å². The van der Waals surface area contributed by atoms with Crippen molar-refractivity contribution in [1.82, 2.24) is 0 Å². The fourth-order valence-corrected chi connectivity index (χ4v) is 6.78. The van der Waals surface area contributed by atoms with Crippen LogP contribution in [0.2, 0.25) is 0 Å². The van der Waals surface area contributed by atoms with Gasteiger partial charge in [0.05, 0.1) is 0 Å². The molecule has 0 spiro atoms. The lowest BCUT2D eigenvalue weighted by Crippen LogP contribution is -2.30. The summed E-state index contributed by atoms with van der Waals surface area (Å²) in [6.07, 6.45) is 48.7. The van der Waals surface area contributed by atoms with E-state index in [2.05, 4.69) is 45.1 Å². The molecule has 0 aromatic carbocycles. The van der Waals surface area contributed by atoms with Crippen LogP contribution in [0.5, 0.6) is 0 Å². The van der Waals surface area contributed by atoms with E-state index in [9.17, 15) is 14.4 Å². The van der Waals surface area contributed by atoms with Crippen molar-refractivity contribution < 1.29 is 28.6 Å². The highest BCUT2D eigenvalue weighted by atomic mass is 16.6. The zero-order valence-electron chi connectivity index (χ0n) is 36.7. The van der Waals surface area contributed by atoms with Crippen LogP contribution in [0.15, 0.2) is 24.3 Å². The van der Waals surface area contributed by atoms with Gasteiger partial charge in [-0.2, -0.15) is 0 Å². The van der Waals surface area contributed by atoms with Gasteiger partial charge in [0.2, 0.25) is 0 Å². The molecule has 0 amide bonds. The summed E-state index contributed by atoms with van der Waals surface area (Å²) < 4.78 is 16.7. The number of rotatable bonds is 43. The maximum Gasteiger partial charge on any atom is 0.306 e. The zero-order valence-corrected chi connectivity index (χ0v) is 36.7. The molecule has 0 saturated carbocycles. The molecule has 0 aliphatic carbocycles. The fraction of sp³-hybridized carbons (Fsp3) is 0.857. The second-order valence-electron chi connectivity index (χ2n) is 16.0. The van der Waals surface area contributed by atoms with Crippen LogP contribution in [0.25, 0.3) is 0 Å². The number of unbranched alkanes of at least 4 members (excludes halogenated alkanes) is 28. The largest absolute Gasteiger partial charge is 0.462 e. The van der Waals surface area contributed by atoms with Crippen LogP contribution in [0.1, 0.15) is 252 Å². The topological polar surface area (TPSA) is 78.9 Å². The molecule has 1 atom stereocenters. The molecule has 0 unspecified atom stereocenters. The quantitative estimate of drug-likeness (QED) is 0.0266. The maximum absolute atomic E-state index is 12.7. The second-order valence-corrected chi connectivity index (χ2v) is 16.0. The molecule has 322 valence electrons. The van der Waals surface area contributed by atoms with Crippen molar-refractivity contribution in [2.24, 2.45) is 0 Å². The molecular weight excluding hydrogens is 685 g/mol. The minimum Gasteiger partial charge on any atom is -0.462 e. The molecule has 0 heterocycles. The van der Waals surface area contributed by atoms with Crippen LogP contribution < -0.4 is 0 Å². The Hall–Kier alpha value is -2.11. The average Bonchev–Trinajstić information content (AvgIpc) is 3.18. The Morgan fingerprint density at radius 1 is 0.345 bits per heavy atom. The van der Waals surface area contributed by atoms with Crippen molar-refractivity contribution >= 4 is 17.9 Å². The van der Waals surface area contributed by atoms with Gasteiger partial charge in [0, 0.05) is 19.3 Å². The molecule has 0 aliphatic heterocycles. The van der Waals surface area contributed by atoms with Crippen LogP contribution in [0.3, 0.4) is 0 Å². The summed E-state index contributed by atoms with van der Waals surface area (Å²) in [6, 6.07) is 0. The molecule has 55 heavy (non-hydrogen) atoms. The first kappa shape index (κ1) is 52.9. The van der Waals surface area contributed by atoms with Gasteiger partial charge in [-0.15, -0.1) is 0 Å². The van der Waals surface area contributed by atoms with E-state index in [0.29, 0.717) is 19.3 Å². The van der Waals surface area contributed by atoms with Gasteiger partial charge in [-0.05, 0) is 70.6 Å². The molecule has 0 radical (unpaired) electrons. The van der Waals surface area contributed by atoms with Gasteiger partial charge in [0.25, 0.3) is 0 Å². The molecule has 0 saturated heterocycles. The summed E-state index contributed by atoms with van der Waals surface area (Å²) in [5, 5.41) is 0. The van der Waals surface area contributed by atoms with Crippen LogP contribution in [0.4, 0.5) is 0 Å². The monoisotopic (exact) mass is 775 g/mol. The fourth-order valence-electron chi connectivity index (χ4n) is 6.78. The number of hydrogen-bond acceptors (Lipinski definition) is 6. The van der Waals surface area contributed by atoms with Crippen LogP contribution in [0, 0.1) is 0 Å². The minimum absolute atomic E-state index is 0.0742. The van der Waals surface area contributed by atoms with E-state index in [4.69, 9.17) is 14.2 Å². The Balaban J connectivity index is 4.38. The van der Waals surface area contributed by atoms with Crippen molar-refractivity contribution in [3.63, 3.8) is 0 Å². The molecule has 6 heteroatoms. The summed E-state index contributed by atoms with van der Waals surface area (Å²) in [6.45, 7) is 6.59. The first-order valence-electron chi connectivity index (χ1n) is 23.8. The van der Waals surface area contributed by atoms with Crippen LogP contribution >= 0.6 is 0 Å². The van der Waals surface area contributed by atoms with Crippen molar-refractivity contribution in [3.05, 3.63) is 24.3 Å². The zero-order chi connectivity index (χ0) is 40.1. The average molecular weight is 775 g/mol. The standard InChI is InChI=1S/C49H90O6/c1-4-7-10-13-16-19-22-24-27-30-33-36-39-42-48(51)54-45-46(44-53-47(50)41-38-35-32-29-26-21-18-15-12-9-6-3)55-49(52)43-40-37-34-31-28-25-23-20-17-14-11-8-5-2/h19-20,22-23,46H,4-18,21,24-45H2,1-3H3/b22-19-,23-20-/t46-/m0/s1. The third-order valence-corrected chi connectivity index (χ3v) is 10.4. The van der Waals surface area contributed by atoms with E-state index in [1.165, 1.54) is 141 Å². The van der Waals surface area contributed by atoms with Gasteiger partial charge in [0.1, 0.15) is 13.2 Å². The highest BCUT2D eigenvalue weighted by Gasteiger charge is 2.19. The molecular formula is C49H90O6. The summed E-state index contributed by atoms with van der Waals surface area (Å²) in [5.41, 5.74) is 0. The van der Waals surface area contributed by atoms with Gasteiger partial charge in [-0.1, -0.05) is 186 Å². The number of hydrogen-bond donors (Lipinski definition) is 0. The van der Waals surface area contributed by atoms with Crippen molar-refractivity contribution in [3.8, 4) is 0 Å². The number of allylic oxidation sites excluding steroid dienone is 4. The second kappa shape index (κ2) is 44.6. The molecule has 0 aromatic rings. The molecule has 6 nitrogen and oxygen atoms in total. The van der Waals surface area contributed by atoms with Crippen molar-refractivity contribution in [2.45, 2.75) is 258 Å². The molecule has 0 bridgehead atoms. The lowest BCUT2D eigenvalue weighted by Gasteiger charge is -2.18. The van der Waals surface area contributed by atoms with Crippen LogP contribution in [-0.4, -0.2) is 37.2 Å². The predicted octanol–water partition coefficient (Wildman–Crippen LogP) is 15.2. The Morgan fingerprint density at radius 3 is 0.927 bits per heavy atom. The molecule has 0 aromatic heterocycles. The van der Waals surface area contributed by atoms with E-state index >= 15 is 0 Å². The number of ether oxygens (including phenoxy) is 3. The van der Waals surface area contributed by atoms with Gasteiger partial charge in [-0.25, -0.2) is 0 Å². The van der Waals surface area contributed by atoms with Crippen LogP contribution in [-0.2, 0) is 28.6 Å².